The lowest BCUT2D eigenvalue weighted by atomic mass is 9.98. The van der Waals surface area contributed by atoms with Crippen molar-refractivity contribution >= 4 is 65.0 Å². The molecule has 0 aliphatic carbocycles. The second kappa shape index (κ2) is 12.9. The van der Waals surface area contributed by atoms with Crippen molar-refractivity contribution in [2.24, 2.45) is 0 Å². The molecule has 40 heavy (non-hydrogen) atoms. The molecule has 0 aliphatic heterocycles. The first-order valence-electron chi connectivity index (χ1n) is 13.2. The molecule has 1 unspecified atom stereocenters. The van der Waals surface area contributed by atoms with Gasteiger partial charge in [-0.3, -0.25) is 0 Å². The molecule has 0 saturated heterocycles. The normalized spacial score (nSPS) is 12.7. The van der Waals surface area contributed by atoms with Crippen LogP contribution in [0.4, 0.5) is 11.5 Å². The molecular formula is C32H34Cl3N3OSi. The maximum Gasteiger partial charge on any atom is 0.261 e. The Morgan fingerprint density at radius 3 is 2.05 bits per heavy atom. The van der Waals surface area contributed by atoms with Crippen LogP contribution in [0.15, 0.2) is 91.5 Å². The van der Waals surface area contributed by atoms with Crippen LogP contribution < -0.4 is 15.7 Å². The summed E-state index contributed by atoms with van der Waals surface area (Å²) in [4.78, 5) is 9.24. The van der Waals surface area contributed by atoms with Gasteiger partial charge in [0.25, 0.3) is 8.32 Å². The predicted molar refractivity (Wildman–Crippen MR) is 173 cm³/mol. The summed E-state index contributed by atoms with van der Waals surface area (Å²) in [6, 6.07) is 26.4. The highest BCUT2D eigenvalue weighted by Crippen LogP contribution is 2.40. The SMILES string of the molecule is C=CCC(CO[Si](c1ccccc1)(c1ccccc1)C(C)(C)C)c1c(Cl)nc(C)nc1Nc1ccc(Cl)cc1Cl. The smallest absolute Gasteiger partial charge is 0.261 e. The Morgan fingerprint density at radius 2 is 1.52 bits per heavy atom. The molecule has 4 aromatic rings. The molecule has 4 nitrogen and oxygen atoms in total. The van der Waals surface area contributed by atoms with Gasteiger partial charge in [0.2, 0.25) is 0 Å². The lowest BCUT2D eigenvalue weighted by molar-refractivity contribution is 0.271. The number of hydrogen-bond acceptors (Lipinski definition) is 4. The Morgan fingerprint density at radius 1 is 0.925 bits per heavy atom. The fourth-order valence-corrected chi connectivity index (χ4v) is 10.6. The topological polar surface area (TPSA) is 47.0 Å². The van der Waals surface area contributed by atoms with Gasteiger partial charge in [-0.25, -0.2) is 9.97 Å². The van der Waals surface area contributed by atoms with Crippen molar-refractivity contribution < 1.29 is 4.43 Å². The molecule has 3 aromatic carbocycles. The summed E-state index contributed by atoms with van der Waals surface area (Å²) >= 11 is 19.5. The van der Waals surface area contributed by atoms with Crippen molar-refractivity contribution in [1.82, 2.24) is 9.97 Å². The summed E-state index contributed by atoms with van der Waals surface area (Å²) in [5, 5.41) is 7.04. The number of anilines is 2. The minimum Gasteiger partial charge on any atom is -0.407 e. The molecule has 1 aromatic heterocycles. The molecule has 208 valence electrons. The van der Waals surface area contributed by atoms with Crippen LogP contribution >= 0.6 is 34.8 Å². The number of nitrogens with zero attached hydrogens (tertiary/aromatic N) is 2. The van der Waals surface area contributed by atoms with Crippen LogP contribution in [0.1, 0.15) is 44.5 Å². The van der Waals surface area contributed by atoms with E-state index in [2.05, 4.69) is 86.2 Å². The van der Waals surface area contributed by atoms with Crippen molar-refractivity contribution in [1.29, 1.82) is 0 Å². The lowest BCUT2D eigenvalue weighted by Crippen LogP contribution is -2.66. The quantitative estimate of drug-likeness (QED) is 0.111. The third-order valence-corrected chi connectivity index (χ3v) is 12.8. The van der Waals surface area contributed by atoms with E-state index < -0.39 is 8.32 Å². The second-order valence-electron chi connectivity index (χ2n) is 10.8. The number of aryl methyl sites for hydroxylation is 1. The third kappa shape index (κ3) is 6.45. The molecule has 0 fully saturated rings. The van der Waals surface area contributed by atoms with Crippen LogP contribution in [0, 0.1) is 6.92 Å². The van der Waals surface area contributed by atoms with Gasteiger partial charge < -0.3 is 9.74 Å². The van der Waals surface area contributed by atoms with E-state index in [0.29, 0.717) is 45.6 Å². The number of aromatic nitrogens is 2. The van der Waals surface area contributed by atoms with E-state index in [1.807, 2.05) is 31.2 Å². The Bertz CT molecular complexity index is 1420. The van der Waals surface area contributed by atoms with Crippen LogP contribution in [-0.4, -0.2) is 24.9 Å². The third-order valence-electron chi connectivity index (χ3n) is 6.97. The van der Waals surface area contributed by atoms with E-state index in [4.69, 9.17) is 44.2 Å². The molecule has 1 heterocycles. The molecule has 0 radical (unpaired) electrons. The number of hydrogen-bond donors (Lipinski definition) is 1. The zero-order valence-corrected chi connectivity index (χ0v) is 26.5. The molecule has 4 rings (SSSR count). The van der Waals surface area contributed by atoms with Gasteiger partial charge in [-0.1, -0.05) is 122 Å². The summed E-state index contributed by atoms with van der Waals surface area (Å²) < 4.78 is 7.27. The van der Waals surface area contributed by atoms with E-state index in [-0.39, 0.29) is 11.0 Å². The molecule has 0 saturated carbocycles. The molecule has 1 atom stereocenters. The molecule has 0 aliphatic rings. The zero-order valence-electron chi connectivity index (χ0n) is 23.2. The first kappa shape index (κ1) is 30.3. The predicted octanol–water partition coefficient (Wildman–Crippen LogP) is 8.73. The van der Waals surface area contributed by atoms with E-state index in [0.717, 1.165) is 5.56 Å². The maximum absolute atomic E-state index is 7.27. The van der Waals surface area contributed by atoms with Gasteiger partial charge in [-0.2, -0.15) is 0 Å². The summed E-state index contributed by atoms with van der Waals surface area (Å²) in [6.07, 6.45) is 2.50. The Labute approximate surface area is 253 Å². The maximum atomic E-state index is 7.27. The average Bonchev–Trinajstić information content (AvgIpc) is 2.90. The molecule has 0 spiro atoms. The number of allylic oxidation sites excluding steroid dienone is 1. The monoisotopic (exact) mass is 609 g/mol. The van der Waals surface area contributed by atoms with Crippen molar-refractivity contribution in [3.8, 4) is 0 Å². The van der Waals surface area contributed by atoms with Gasteiger partial charge in [0.1, 0.15) is 16.8 Å². The van der Waals surface area contributed by atoms with Gasteiger partial charge in [0.15, 0.2) is 0 Å². The van der Waals surface area contributed by atoms with Crippen LogP contribution in [0.3, 0.4) is 0 Å². The summed E-state index contributed by atoms with van der Waals surface area (Å²) in [6.45, 7) is 13.0. The van der Waals surface area contributed by atoms with E-state index >= 15 is 0 Å². The van der Waals surface area contributed by atoms with Gasteiger partial charge in [0, 0.05) is 23.1 Å². The van der Waals surface area contributed by atoms with E-state index in [1.165, 1.54) is 10.4 Å². The van der Waals surface area contributed by atoms with Crippen molar-refractivity contribution in [2.45, 2.75) is 45.1 Å². The van der Waals surface area contributed by atoms with E-state index in [9.17, 15) is 0 Å². The largest absolute Gasteiger partial charge is 0.407 e. The molecule has 8 heteroatoms. The molecule has 1 N–H and O–H groups in total. The Balaban J connectivity index is 1.81. The zero-order chi connectivity index (χ0) is 28.9. The first-order valence-corrected chi connectivity index (χ1v) is 16.2. The van der Waals surface area contributed by atoms with Crippen molar-refractivity contribution in [3.63, 3.8) is 0 Å². The first-order chi connectivity index (χ1) is 19.1. The van der Waals surface area contributed by atoms with E-state index in [1.54, 1.807) is 12.1 Å². The Hall–Kier alpha value is -2.67. The minimum absolute atomic E-state index is 0.166. The summed E-state index contributed by atoms with van der Waals surface area (Å²) in [5.41, 5.74) is 1.43. The van der Waals surface area contributed by atoms with Gasteiger partial charge in [0.05, 0.1) is 10.7 Å². The van der Waals surface area contributed by atoms with Crippen LogP contribution in [0.5, 0.6) is 0 Å². The highest BCUT2D eigenvalue weighted by molar-refractivity contribution is 6.99. The molecular weight excluding hydrogens is 577 g/mol. The average molecular weight is 611 g/mol. The van der Waals surface area contributed by atoms with Crippen molar-refractivity contribution in [3.05, 3.63) is 118 Å². The number of rotatable bonds is 10. The summed E-state index contributed by atoms with van der Waals surface area (Å²) in [7, 11) is -2.78. The number of halogens is 3. The van der Waals surface area contributed by atoms with Crippen LogP contribution in [0.25, 0.3) is 0 Å². The Kier molecular flexibility index (Phi) is 9.75. The number of nitrogens with one attached hydrogen (secondary N) is 1. The lowest BCUT2D eigenvalue weighted by Gasteiger charge is -2.43. The van der Waals surface area contributed by atoms with Crippen LogP contribution in [0.2, 0.25) is 20.2 Å². The molecule has 0 amide bonds. The van der Waals surface area contributed by atoms with Gasteiger partial charge in [-0.05, 0) is 47.0 Å². The van der Waals surface area contributed by atoms with Crippen LogP contribution in [-0.2, 0) is 4.43 Å². The minimum atomic E-state index is -2.78. The van der Waals surface area contributed by atoms with Crippen molar-refractivity contribution in [2.75, 3.05) is 11.9 Å². The standard InChI is InChI=1S/C32H34Cl3N3OSi/c1-6-13-23(29-30(35)36-22(2)37-31(29)38-28-19-18-24(33)20-27(28)34)21-39-40(32(3,4)5,25-14-9-7-10-15-25)26-16-11-8-12-17-26/h6-12,14-20,23H,1,13,21H2,2-5H3,(H,36,37,38). The van der Waals surface area contributed by atoms with Gasteiger partial charge >= 0.3 is 0 Å². The van der Waals surface area contributed by atoms with Gasteiger partial charge in [-0.15, -0.1) is 6.58 Å². The summed E-state index contributed by atoms with van der Waals surface area (Å²) in [5.74, 6) is 0.965. The highest BCUT2D eigenvalue weighted by Gasteiger charge is 2.50. The highest BCUT2D eigenvalue weighted by atomic mass is 35.5. The second-order valence-corrected chi connectivity index (χ2v) is 16.3. The fourth-order valence-electron chi connectivity index (χ4n) is 5.18. The molecule has 0 bridgehead atoms. The number of benzene rings is 3. The fraction of sp³-hybridized carbons (Fsp3) is 0.250.